The fourth-order valence-electron chi connectivity index (χ4n) is 4.91. The van der Waals surface area contributed by atoms with E-state index in [4.69, 9.17) is 4.74 Å². The molecule has 174 valence electrons. The number of hydrogen-bond donors (Lipinski definition) is 0. The summed E-state index contributed by atoms with van der Waals surface area (Å²) in [7, 11) is 0. The quantitative estimate of drug-likeness (QED) is 0.314. The van der Waals surface area contributed by atoms with E-state index >= 15 is 0 Å². The molecule has 0 spiro atoms. The normalized spacial score (nSPS) is 24.2. The van der Waals surface area contributed by atoms with Crippen LogP contribution in [0.4, 0.5) is 10.1 Å². The molecule has 2 aliphatic carbocycles. The molecule has 6 heteroatoms. The van der Waals surface area contributed by atoms with Gasteiger partial charge in [-0.15, -0.1) is 0 Å². The lowest BCUT2D eigenvalue weighted by molar-refractivity contribution is -0.107. The number of nitrogens with zero attached hydrogens (tertiary/aromatic N) is 3. The number of carbonyl (C=O) groups excluding carboxylic acids is 1. The van der Waals surface area contributed by atoms with E-state index < -0.39 is 0 Å². The van der Waals surface area contributed by atoms with Crippen molar-refractivity contribution in [3.8, 4) is 5.75 Å². The summed E-state index contributed by atoms with van der Waals surface area (Å²) < 4.78 is 19.6. The Morgan fingerprint density at radius 2 is 1.73 bits per heavy atom. The molecule has 0 radical (unpaired) electrons. The van der Waals surface area contributed by atoms with Gasteiger partial charge in [-0.1, -0.05) is 13.3 Å². The number of likely N-dealkylation sites (tertiary alicyclic amines) is 1. The SMILES string of the molecule is CC1CC1/C(=N\N(C=O)c1ccc(F)cc1)c1ccc(OC2CCN(C3CCC3)CC2)cc1. The lowest BCUT2D eigenvalue weighted by atomic mass is 9.90. The van der Waals surface area contributed by atoms with E-state index in [1.165, 1.54) is 36.4 Å². The molecule has 0 N–H and O–H groups in total. The molecule has 33 heavy (non-hydrogen) atoms. The zero-order valence-electron chi connectivity index (χ0n) is 19.2. The maximum atomic E-state index is 13.3. The highest BCUT2D eigenvalue weighted by molar-refractivity contribution is 6.05. The first-order valence-corrected chi connectivity index (χ1v) is 12.2. The van der Waals surface area contributed by atoms with Crippen molar-refractivity contribution in [3.63, 3.8) is 0 Å². The largest absolute Gasteiger partial charge is 0.490 e. The van der Waals surface area contributed by atoms with Gasteiger partial charge >= 0.3 is 0 Å². The van der Waals surface area contributed by atoms with Crippen LogP contribution in [-0.4, -0.2) is 42.3 Å². The third kappa shape index (κ3) is 5.11. The molecule has 0 aromatic heterocycles. The van der Waals surface area contributed by atoms with Crippen LogP contribution in [0.3, 0.4) is 0 Å². The van der Waals surface area contributed by atoms with Gasteiger partial charge < -0.3 is 9.64 Å². The van der Waals surface area contributed by atoms with Crippen molar-refractivity contribution in [2.24, 2.45) is 16.9 Å². The molecule has 3 aliphatic rings. The van der Waals surface area contributed by atoms with Gasteiger partial charge in [0, 0.05) is 25.0 Å². The average Bonchev–Trinajstić information content (AvgIpc) is 3.52. The minimum Gasteiger partial charge on any atom is -0.490 e. The molecule has 5 rings (SSSR count). The summed E-state index contributed by atoms with van der Waals surface area (Å²) in [6.45, 7) is 4.46. The molecular weight excluding hydrogens is 417 g/mol. The van der Waals surface area contributed by atoms with Crippen LogP contribution in [-0.2, 0) is 4.79 Å². The number of anilines is 1. The van der Waals surface area contributed by atoms with E-state index in [0.717, 1.165) is 55.4 Å². The average molecular weight is 450 g/mol. The first-order chi connectivity index (χ1) is 16.1. The zero-order valence-corrected chi connectivity index (χ0v) is 19.2. The highest BCUT2D eigenvalue weighted by Crippen LogP contribution is 2.41. The standard InChI is InChI=1S/C27H32FN3O2/c1-19-17-26(19)27(29-31(18-32)23-9-7-21(28)8-10-23)20-5-11-24(12-6-20)33-25-13-15-30(16-14-25)22-3-2-4-22/h5-12,18-19,22,25-26H,2-4,13-17H2,1H3/b29-27-. The Bertz CT molecular complexity index is 979. The Labute approximate surface area is 195 Å². The van der Waals surface area contributed by atoms with Crippen LogP contribution in [0.2, 0.25) is 0 Å². The minimum atomic E-state index is -0.339. The molecule has 2 saturated carbocycles. The molecule has 5 nitrogen and oxygen atoms in total. The van der Waals surface area contributed by atoms with E-state index in [1.807, 2.05) is 24.3 Å². The summed E-state index contributed by atoms with van der Waals surface area (Å²) in [5.41, 5.74) is 2.43. The molecule has 1 aliphatic heterocycles. The van der Waals surface area contributed by atoms with Gasteiger partial charge in [0.1, 0.15) is 17.7 Å². The molecule has 1 heterocycles. The van der Waals surface area contributed by atoms with Gasteiger partial charge in [0.2, 0.25) is 6.41 Å². The number of rotatable bonds is 8. The van der Waals surface area contributed by atoms with Gasteiger partial charge in [0.25, 0.3) is 0 Å². The van der Waals surface area contributed by atoms with Crippen LogP contribution in [0.1, 0.15) is 51.0 Å². The number of halogens is 1. The first-order valence-electron chi connectivity index (χ1n) is 12.2. The van der Waals surface area contributed by atoms with Crippen LogP contribution in [0.5, 0.6) is 5.75 Å². The monoisotopic (exact) mass is 449 g/mol. The fourth-order valence-corrected chi connectivity index (χ4v) is 4.91. The number of amides is 1. The van der Waals surface area contributed by atoms with Gasteiger partial charge in [-0.05, 0) is 92.1 Å². The van der Waals surface area contributed by atoms with Crippen molar-refractivity contribution in [2.45, 2.75) is 57.6 Å². The Kier molecular flexibility index (Phi) is 6.45. The predicted molar refractivity (Wildman–Crippen MR) is 128 cm³/mol. The number of carbonyl (C=O) groups is 1. The number of hydrazone groups is 1. The highest BCUT2D eigenvalue weighted by Gasteiger charge is 2.38. The van der Waals surface area contributed by atoms with E-state index in [9.17, 15) is 9.18 Å². The van der Waals surface area contributed by atoms with E-state index in [-0.39, 0.29) is 11.9 Å². The molecule has 1 saturated heterocycles. The second-order valence-corrected chi connectivity index (χ2v) is 9.69. The second-order valence-electron chi connectivity index (χ2n) is 9.69. The van der Waals surface area contributed by atoms with Gasteiger partial charge in [-0.25, -0.2) is 9.40 Å². The summed E-state index contributed by atoms with van der Waals surface area (Å²) in [5.74, 6) is 1.39. The van der Waals surface area contributed by atoms with E-state index in [1.54, 1.807) is 12.1 Å². The number of ether oxygens (including phenoxy) is 1. The molecule has 2 atom stereocenters. The predicted octanol–water partition coefficient (Wildman–Crippen LogP) is 5.24. The van der Waals surface area contributed by atoms with Crippen molar-refractivity contribution in [2.75, 3.05) is 18.1 Å². The van der Waals surface area contributed by atoms with Gasteiger partial charge in [-0.2, -0.15) is 5.10 Å². The van der Waals surface area contributed by atoms with Crippen LogP contribution >= 0.6 is 0 Å². The maximum Gasteiger partial charge on any atom is 0.234 e. The van der Waals surface area contributed by atoms with Crippen molar-refractivity contribution in [1.29, 1.82) is 0 Å². The summed E-state index contributed by atoms with van der Waals surface area (Å²) in [5, 5.41) is 5.97. The number of piperidine rings is 1. The van der Waals surface area contributed by atoms with Gasteiger partial charge in [0.15, 0.2) is 0 Å². The molecule has 2 aromatic carbocycles. The van der Waals surface area contributed by atoms with Gasteiger partial charge in [0.05, 0.1) is 11.4 Å². The van der Waals surface area contributed by atoms with Crippen LogP contribution in [0.15, 0.2) is 53.6 Å². The minimum absolute atomic E-state index is 0.271. The molecule has 1 amide bonds. The third-order valence-corrected chi connectivity index (χ3v) is 7.39. The Balaban J connectivity index is 1.27. The van der Waals surface area contributed by atoms with Crippen molar-refractivity contribution in [1.82, 2.24) is 4.90 Å². The molecule has 3 fully saturated rings. The summed E-state index contributed by atoms with van der Waals surface area (Å²) in [4.78, 5) is 14.4. The topological polar surface area (TPSA) is 45.1 Å². The Morgan fingerprint density at radius 1 is 1.06 bits per heavy atom. The van der Waals surface area contributed by atoms with Crippen molar-refractivity contribution < 1.29 is 13.9 Å². The highest BCUT2D eigenvalue weighted by atomic mass is 19.1. The van der Waals surface area contributed by atoms with E-state index in [0.29, 0.717) is 23.9 Å². The fraction of sp³-hybridized carbons (Fsp3) is 0.481. The summed E-state index contributed by atoms with van der Waals surface area (Å²) in [6, 6.07) is 14.7. The number of hydrogen-bond acceptors (Lipinski definition) is 4. The molecule has 2 unspecified atom stereocenters. The van der Waals surface area contributed by atoms with Gasteiger partial charge in [-0.3, -0.25) is 4.79 Å². The Morgan fingerprint density at radius 3 is 2.27 bits per heavy atom. The summed E-state index contributed by atoms with van der Waals surface area (Å²) in [6.07, 6.45) is 8.26. The van der Waals surface area contributed by atoms with Crippen LogP contribution in [0.25, 0.3) is 0 Å². The molecular formula is C27H32FN3O2. The maximum absolute atomic E-state index is 13.3. The summed E-state index contributed by atoms with van der Waals surface area (Å²) >= 11 is 0. The molecule has 0 bridgehead atoms. The lowest BCUT2D eigenvalue weighted by Crippen LogP contribution is -2.46. The third-order valence-electron chi connectivity index (χ3n) is 7.39. The number of benzene rings is 2. The lowest BCUT2D eigenvalue weighted by Gasteiger charge is -2.41. The Hall–Kier alpha value is -2.73. The van der Waals surface area contributed by atoms with Crippen molar-refractivity contribution >= 4 is 17.8 Å². The van der Waals surface area contributed by atoms with Crippen LogP contribution < -0.4 is 9.75 Å². The second kappa shape index (κ2) is 9.64. The molecule has 2 aromatic rings. The zero-order chi connectivity index (χ0) is 22.8. The van der Waals surface area contributed by atoms with Crippen LogP contribution in [0, 0.1) is 17.7 Å². The smallest absolute Gasteiger partial charge is 0.234 e. The van der Waals surface area contributed by atoms with E-state index in [2.05, 4.69) is 16.9 Å². The van der Waals surface area contributed by atoms with Crippen molar-refractivity contribution in [3.05, 3.63) is 59.9 Å². The first kappa shape index (κ1) is 22.1.